The van der Waals surface area contributed by atoms with Crippen LogP contribution in [0, 0.1) is 20.8 Å². The predicted octanol–water partition coefficient (Wildman–Crippen LogP) is 2.61. The number of hydrogen-bond acceptors (Lipinski definition) is 4. The van der Waals surface area contributed by atoms with Crippen molar-refractivity contribution in [2.24, 2.45) is 0 Å². The van der Waals surface area contributed by atoms with Gasteiger partial charge in [-0.1, -0.05) is 30.3 Å². The van der Waals surface area contributed by atoms with Crippen molar-refractivity contribution >= 4 is 11.8 Å². The highest BCUT2D eigenvalue weighted by molar-refractivity contribution is 5.85. The fraction of sp³-hybridized carbons (Fsp3) is 0.300. The number of hydrazine groups is 1. The fourth-order valence-corrected chi connectivity index (χ4v) is 2.21. The minimum absolute atomic E-state index is 0.197. The molecule has 0 saturated heterocycles. The second-order valence-corrected chi connectivity index (χ2v) is 6.12. The Balaban J connectivity index is 1.79. The zero-order valence-corrected chi connectivity index (χ0v) is 15.5. The molecule has 0 bridgehead atoms. The average molecular weight is 356 g/mol. The minimum atomic E-state index is -0.756. The molecular formula is C20H24N2O4. The normalized spacial score (nSPS) is 11.4. The summed E-state index contributed by atoms with van der Waals surface area (Å²) in [6, 6.07) is 13.2. The van der Waals surface area contributed by atoms with Crippen LogP contribution >= 0.6 is 0 Å². The van der Waals surface area contributed by atoms with Crippen molar-refractivity contribution in [1.29, 1.82) is 0 Å². The van der Waals surface area contributed by atoms with E-state index >= 15 is 0 Å². The second kappa shape index (κ2) is 8.89. The molecular weight excluding hydrogens is 332 g/mol. The van der Waals surface area contributed by atoms with Crippen molar-refractivity contribution in [3.05, 3.63) is 59.2 Å². The van der Waals surface area contributed by atoms with Crippen LogP contribution in [0.4, 0.5) is 0 Å². The SMILES string of the molecule is Cc1ccc(C)c(OC(C)C(=O)NNC(=O)COc2ccccc2C)c1. The van der Waals surface area contributed by atoms with Crippen molar-refractivity contribution in [3.63, 3.8) is 0 Å². The number of benzene rings is 2. The summed E-state index contributed by atoms with van der Waals surface area (Å²) in [5, 5.41) is 0. The van der Waals surface area contributed by atoms with Crippen LogP contribution in [-0.4, -0.2) is 24.5 Å². The number of carbonyl (C=O) groups is 2. The lowest BCUT2D eigenvalue weighted by atomic mass is 10.1. The van der Waals surface area contributed by atoms with Crippen molar-refractivity contribution in [2.45, 2.75) is 33.8 Å². The number of para-hydroxylation sites is 1. The van der Waals surface area contributed by atoms with E-state index < -0.39 is 17.9 Å². The van der Waals surface area contributed by atoms with Gasteiger partial charge in [0, 0.05) is 0 Å². The van der Waals surface area contributed by atoms with E-state index in [1.165, 1.54) is 0 Å². The summed E-state index contributed by atoms with van der Waals surface area (Å²) in [5.74, 6) is 0.359. The topological polar surface area (TPSA) is 76.7 Å². The van der Waals surface area contributed by atoms with E-state index in [9.17, 15) is 9.59 Å². The third-order valence-electron chi connectivity index (χ3n) is 3.79. The number of nitrogens with one attached hydrogen (secondary N) is 2. The molecule has 0 aliphatic rings. The zero-order chi connectivity index (χ0) is 19.1. The lowest BCUT2D eigenvalue weighted by Gasteiger charge is -2.17. The maximum absolute atomic E-state index is 12.1. The van der Waals surface area contributed by atoms with E-state index in [0.29, 0.717) is 11.5 Å². The summed E-state index contributed by atoms with van der Waals surface area (Å²) < 4.78 is 11.1. The van der Waals surface area contributed by atoms with Crippen LogP contribution in [0.2, 0.25) is 0 Å². The molecule has 0 aliphatic carbocycles. The molecule has 6 heteroatoms. The number of amides is 2. The monoisotopic (exact) mass is 356 g/mol. The van der Waals surface area contributed by atoms with E-state index in [0.717, 1.165) is 16.7 Å². The number of aryl methyl sites for hydroxylation is 3. The van der Waals surface area contributed by atoms with Gasteiger partial charge in [0.1, 0.15) is 11.5 Å². The summed E-state index contributed by atoms with van der Waals surface area (Å²) >= 11 is 0. The van der Waals surface area contributed by atoms with Gasteiger partial charge in [-0.15, -0.1) is 0 Å². The van der Waals surface area contributed by atoms with Crippen molar-refractivity contribution in [2.75, 3.05) is 6.61 Å². The molecule has 0 spiro atoms. The van der Waals surface area contributed by atoms with Crippen LogP contribution in [0.1, 0.15) is 23.6 Å². The molecule has 26 heavy (non-hydrogen) atoms. The van der Waals surface area contributed by atoms with Crippen molar-refractivity contribution in [1.82, 2.24) is 10.9 Å². The van der Waals surface area contributed by atoms with Gasteiger partial charge in [0.25, 0.3) is 11.8 Å². The first-order chi connectivity index (χ1) is 12.4. The van der Waals surface area contributed by atoms with Gasteiger partial charge in [0.05, 0.1) is 0 Å². The third-order valence-corrected chi connectivity index (χ3v) is 3.79. The Morgan fingerprint density at radius 2 is 1.65 bits per heavy atom. The van der Waals surface area contributed by atoms with Gasteiger partial charge in [0.2, 0.25) is 0 Å². The molecule has 6 nitrogen and oxygen atoms in total. The van der Waals surface area contributed by atoms with Gasteiger partial charge < -0.3 is 9.47 Å². The van der Waals surface area contributed by atoms with E-state index in [-0.39, 0.29) is 6.61 Å². The molecule has 1 unspecified atom stereocenters. The first kappa shape index (κ1) is 19.3. The largest absolute Gasteiger partial charge is 0.483 e. The van der Waals surface area contributed by atoms with E-state index in [2.05, 4.69) is 10.9 Å². The van der Waals surface area contributed by atoms with Crippen LogP contribution in [0.15, 0.2) is 42.5 Å². The molecule has 1 atom stereocenters. The molecule has 0 heterocycles. The van der Waals surface area contributed by atoms with Gasteiger partial charge in [-0.2, -0.15) is 0 Å². The highest BCUT2D eigenvalue weighted by Gasteiger charge is 2.16. The third kappa shape index (κ3) is 5.51. The molecule has 2 aromatic rings. The fourth-order valence-electron chi connectivity index (χ4n) is 2.21. The summed E-state index contributed by atoms with van der Waals surface area (Å²) in [5.41, 5.74) is 7.57. The predicted molar refractivity (Wildman–Crippen MR) is 99.0 cm³/mol. The van der Waals surface area contributed by atoms with Crippen LogP contribution in [0.3, 0.4) is 0 Å². The average Bonchev–Trinajstić information content (AvgIpc) is 2.62. The van der Waals surface area contributed by atoms with Gasteiger partial charge in [-0.25, -0.2) is 0 Å². The number of ether oxygens (including phenoxy) is 2. The number of rotatable bonds is 6. The molecule has 2 rings (SSSR count). The Hall–Kier alpha value is -3.02. The first-order valence-corrected chi connectivity index (χ1v) is 8.38. The zero-order valence-electron chi connectivity index (χ0n) is 15.5. The maximum Gasteiger partial charge on any atom is 0.279 e. The molecule has 138 valence electrons. The molecule has 0 radical (unpaired) electrons. The van der Waals surface area contributed by atoms with Crippen LogP contribution in [0.25, 0.3) is 0 Å². The van der Waals surface area contributed by atoms with Crippen LogP contribution in [-0.2, 0) is 9.59 Å². The minimum Gasteiger partial charge on any atom is -0.483 e. The summed E-state index contributed by atoms with van der Waals surface area (Å²) in [7, 11) is 0. The summed E-state index contributed by atoms with van der Waals surface area (Å²) in [6.45, 7) is 7.17. The molecule has 0 aromatic heterocycles. The van der Waals surface area contributed by atoms with Gasteiger partial charge in [0.15, 0.2) is 12.7 Å². The molecule has 2 aromatic carbocycles. The van der Waals surface area contributed by atoms with Gasteiger partial charge in [-0.05, 0) is 56.5 Å². The first-order valence-electron chi connectivity index (χ1n) is 8.38. The van der Waals surface area contributed by atoms with Gasteiger partial charge >= 0.3 is 0 Å². The number of hydrogen-bond donors (Lipinski definition) is 2. The molecule has 0 aliphatic heterocycles. The van der Waals surface area contributed by atoms with Crippen molar-refractivity contribution < 1.29 is 19.1 Å². The second-order valence-electron chi connectivity index (χ2n) is 6.12. The number of carbonyl (C=O) groups excluding carboxylic acids is 2. The Morgan fingerprint density at radius 3 is 2.38 bits per heavy atom. The molecule has 0 saturated carbocycles. The standard InChI is InChI=1S/C20H24N2O4/c1-13-9-10-15(3)18(11-13)26-16(4)20(24)22-21-19(23)12-25-17-8-6-5-7-14(17)2/h5-11,16H,12H2,1-4H3,(H,21,23)(H,22,24). The molecule has 2 amide bonds. The van der Waals surface area contributed by atoms with E-state index in [1.54, 1.807) is 13.0 Å². The van der Waals surface area contributed by atoms with E-state index in [4.69, 9.17) is 9.47 Å². The molecule has 2 N–H and O–H groups in total. The Morgan fingerprint density at radius 1 is 0.962 bits per heavy atom. The van der Waals surface area contributed by atoms with Gasteiger partial charge in [-0.3, -0.25) is 20.4 Å². The summed E-state index contributed by atoms with van der Waals surface area (Å²) in [4.78, 5) is 23.9. The van der Waals surface area contributed by atoms with Crippen LogP contribution in [0.5, 0.6) is 11.5 Å². The smallest absolute Gasteiger partial charge is 0.279 e. The Bertz CT molecular complexity index is 789. The van der Waals surface area contributed by atoms with Crippen LogP contribution < -0.4 is 20.3 Å². The Labute approximate surface area is 153 Å². The lowest BCUT2D eigenvalue weighted by molar-refractivity contribution is -0.133. The highest BCUT2D eigenvalue weighted by Crippen LogP contribution is 2.20. The maximum atomic E-state index is 12.1. The summed E-state index contributed by atoms with van der Waals surface area (Å²) in [6.07, 6.45) is -0.756. The van der Waals surface area contributed by atoms with Crippen molar-refractivity contribution in [3.8, 4) is 11.5 Å². The Kier molecular flexibility index (Phi) is 6.60. The molecule has 0 fully saturated rings. The highest BCUT2D eigenvalue weighted by atomic mass is 16.5. The van der Waals surface area contributed by atoms with E-state index in [1.807, 2.05) is 57.2 Å². The lowest BCUT2D eigenvalue weighted by Crippen LogP contribution is -2.48. The quantitative estimate of drug-likeness (QED) is 0.780.